The average Bonchev–Trinajstić information content (AvgIpc) is 3.55. The van der Waals surface area contributed by atoms with E-state index in [1.165, 1.54) is 45.0 Å². The molecule has 7 heteroatoms. The molecule has 1 saturated heterocycles. The Hall–Kier alpha value is -1.86. The van der Waals surface area contributed by atoms with Crippen LogP contribution in [0, 0.1) is 34.8 Å². The van der Waals surface area contributed by atoms with Gasteiger partial charge in [0.15, 0.2) is 0 Å². The van der Waals surface area contributed by atoms with Crippen molar-refractivity contribution >= 4 is 44.5 Å². The second-order valence-electron chi connectivity index (χ2n) is 9.24. The van der Waals surface area contributed by atoms with Gasteiger partial charge >= 0.3 is 33.5 Å². The van der Waals surface area contributed by atoms with Crippen molar-refractivity contribution in [3.8, 4) is 0 Å². The fraction of sp³-hybridized carbons (Fsp3) is 0.212. The molecule has 1 aliphatic rings. The molecule has 5 rings (SSSR count). The molecule has 40 heavy (non-hydrogen) atoms. The summed E-state index contributed by atoms with van der Waals surface area (Å²) >= 11 is -0.181. The van der Waals surface area contributed by atoms with Gasteiger partial charge in [-0.2, -0.15) is 11.5 Å². The van der Waals surface area contributed by atoms with Gasteiger partial charge in [0.1, 0.15) is 24.8 Å². The molecular weight excluding hydrogens is 594 g/mol. The van der Waals surface area contributed by atoms with Crippen LogP contribution in [0.25, 0.3) is 0 Å². The van der Waals surface area contributed by atoms with Gasteiger partial charge in [-0.05, 0) is 61.7 Å². The van der Waals surface area contributed by atoms with Gasteiger partial charge in [0.05, 0.1) is 0 Å². The Morgan fingerprint density at radius 2 is 1.30 bits per heavy atom. The van der Waals surface area contributed by atoms with Gasteiger partial charge in [-0.3, -0.25) is 0 Å². The first-order valence-electron chi connectivity index (χ1n) is 13.0. The van der Waals surface area contributed by atoms with Crippen molar-refractivity contribution in [3.05, 3.63) is 139 Å². The summed E-state index contributed by atoms with van der Waals surface area (Å²) in [4.78, 5) is 0. The molecule has 1 aliphatic heterocycles. The second-order valence-corrected chi connectivity index (χ2v) is 13.5. The maximum atomic E-state index is 4.83. The van der Waals surface area contributed by atoms with Gasteiger partial charge in [0, 0.05) is 12.3 Å². The monoisotopic (exact) mass is 633 g/mol. The fourth-order valence-electron chi connectivity index (χ4n) is 4.25. The first kappa shape index (κ1) is 34.3. The summed E-state index contributed by atoms with van der Waals surface area (Å²) in [6.45, 7) is 9.28. The number of para-hydroxylation sites is 1. The summed E-state index contributed by atoms with van der Waals surface area (Å²) in [5.74, 6) is 0. The fourth-order valence-corrected chi connectivity index (χ4v) is 6.50. The van der Waals surface area contributed by atoms with E-state index in [4.69, 9.17) is 24.8 Å². The number of nitrogens with one attached hydrogen (secondary N) is 2. The Labute approximate surface area is 257 Å². The molecule has 0 amide bonds. The van der Waals surface area contributed by atoms with Crippen molar-refractivity contribution in [2.75, 3.05) is 11.9 Å². The van der Waals surface area contributed by atoms with E-state index in [0.29, 0.717) is 0 Å². The number of anilines is 1. The minimum atomic E-state index is -1.21. The third-order valence-electron chi connectivity index (χ3n) is 6.30. The van der Waals surface area contributed by atoms with Crippen molar-refractivity contribution in [1.82, 2.24) is 5.09 Å². The van der Waals surface area contributed by atoms with Crippen LogP contribution in [-0.4, -0.2) is 6.61 Å². The molecule has 0 aliphatic carbocycles. The van der Waals surface area contributed by atoms with Crippen LogP contribution in [0.4, 0.5) is 5.69 Å². The van der Waals surface area contributed by atoms with Crippen molar-refractivity contribution in [2.24, 2.45) is 0 Å². The number of hydrogen-bond donors (Lipinski definition) is 2. The Balaban J connectivity index is 0.000000543. The van der Waals surface area contributed by atoms with Crippen LogP contribution in [0.1, 0.15) is 41.3 Å². The zero-order valence-electron chi connectivity index (χ0n) is 23.7. The van der Waals surface area contributed by atoms with Crippen LogP contribution in [0.3, 0.4) is 0 Å². The predicted molar refractivity (Wildman–Crippen MR) is 175 cm³/mol. The zero-order valence-corrected chi connectivity index (χ0v) is 27.5. The quantitative estimate of drug-likeness (QED) is 0.121. The average molecular weight is 635 g/mol. The predicted octanol–water partition coefficient (Wildman–Crippen LogP) is 8.88. The van der Waals surface area contributed by atoms with Crippen molar-refractivity contribution in [3.63, 3.8) is 0 Å². The van der Waals surface area contributed by atoms with E-state index >= 15 is 0 Å². The van der Waals surface area contributed by atoms with Crippen molar-refractivity contribution in [2.45, 2.75) is 39.8 Å². The molecule has 1 unspecified atom stereocenters. The number of rotatable bonds is 7. The molecule has 2 N–H and O–H groups in total. The third-order valence-corrected chi connectivity index (χ3v) is 8.69. The van der Waals surface area contributed by atoms with Gasteiger partial charge in [0.25, 0.3) is 0 Å². The standard InChI is InChI=1S/C28H29N2P.C4H7O.CH3.2ClH.Cr/c1-21-17-19-24(20-18-21)28(29-27-22(2)11-10-12-23(27)3)30-31(25-13-6-4-7-14-25)26-15-8-5-9-16-26;1-2-4-5-3-1;;;;/h4-20,28-30H,1-3H3;3H,1-2,4H2;1H3;2*1H;/q;2*-1;;;+2/p-1. The molecular formula is C33H40Cl2CrN2OP-. The maximum absolute atomic E-state index is 4.83. The molecule has 0 radical (unpaired) electrons. The molecule has 0 aromatic heterocycles. The van der Waals surface area contributed by atoms with E-state index in [2.05, 4.69) is 134 Å². The van der Waals surface area contributed by atoms with Crippen molar-refractivity contribution in [1.29, 1.82) is 0 Å². The Bertz CT molecular complexity index is 1160. The van der Waals surface area contributed by atoms with Gasteiger partial charge < -0.3 is 17.5 Å². The summed E-state index contributed by atoms with van der Waals surface area (Å²) in [7, 11) is 8.44. The molecule has 4 aromatic carbocycles. The van der Waals surface area contributed by atoms with E-state index in [1.807, 2.05) is 6.61 Å². The molecule has 0 bridgehead atoms. The van der Waals surface area contributed by atoms with E-state index in [-0.39, 0.29) is 27.0 Å². The Kier molecular flexibility index (Phi) is 16.6. The third kappa shape index (κ3) is 11.2. The van der Waals surface area contributed by atoms with E-state index in [0.717, 1.165) is 13.0 Å². The minimum absolute atomic E-state index is 0. The van der Waals surface area contributed by atoms with Crippen LogP contribution in [0.15, 0.2) is 103 Å². The number of halogens is 2. The summed E-state index contributed by atoms with van der Waals surface area (Å²) in [5.41, 5.74) is 6.22. The summed E-state index contributed by atoms with van der Waals surface area (Å²) < 4.78 is 4.82. The summed E-state index contributed by atoms with van der Waals surface area (Å²) in [6.07, 6.45) is 2.37. The summed E-state index contributed by atoms with van der Waals surface area (Å²) in [5, 5.41) is 10.5. The van der Waals surface area contributed by atoms with Gasteiger partial charge in [-0.25, -0.2) is 6.61 Å². The van der Waals surface area contributed by atoms with E-state index in [1.54, 1.807) is 0 Å². The van der Waals surface area contributed by atoms with Crippen LogP contribution in [-0.2, 0) is 18.1 Å². The van der Waals surface area contributed by atoms with Crippen LogP contribution < -0.4 is 21.0 Å². The van der Waals surface area contributed by atoms with E-state index < -0.39 is 8.07 Å². The zero-order chi connectivity index (χ0) is 27.9. The van der Waals surface area contributed by atoms with Gasteiger partial charge in [-0.15, -0.1) is 0 Å². The number of aryl methyl sites for hydroxylation is 3. The normalized spacial score (nSPS) is 12.8. The number of hydrogen-bond acceptors (Lipinski definition) is 3. The molecule has 3 nitrogen and oxygen atoms in total. The second kappa shape index (κ2) is 19.3. The topological polar surface area (TPSA) is 33.3 Å². The molecule has 4 aromatic rings. The molecule has 1 atom stereocenters. The van der Waals surface area contributed by atoms with E-state index in [9.17, 15) is 0 Å². The van der Waals surface area contributed by atoms with Gasteiger partial charge in [-0.1, -0.05) is 90.8 Å². The van der Waals surface area contributed by atoms with Crippen LogP contribution >= 0.6 is 28.2 Å². The number of benzene rings is 4. The molecule has 214 valence electrons. The van der Waals surface area contributed by atoms with Crippen molar-refractivity contribution < 1.29 is 18.1 Å². The Morgan fingerprint density at radius 3 is 1.73 bits per heavy atom. The molecule has 0 spiro atoms. The summed E-state index contributed by atoms with van der Waals surface area (Å²) in [6, 6.07) is 36.9. The first-order chi connectivity index (χ1) is 19.0. The van der Waals surface area contributed by atoms with Crippen LogP contribution in [0.2, 0.25) is 0 Å². The molecule has 0 saturated carbocycles. The first-order valence-corrected chi connectivity index (χ1v) is 18.0. The SMILES string of the molecule is Cc1ccc(C(Nc2c(C)cccc2C)N[PH+](c2ccccc2)c2ccccc2)cc1.[CH-]1CCCO1.[CH3-].[Cl][Cr][Cl]. The number of ether oxygens (including phenoxy) is 1. The van der Waals surface area contributed by atoms with Crippen LogP contribution in [0.5, 0.6) is 0 Å². The van der Waals surface area contributed by atoms with Gasteiger partial charge in [0.2, 0.25) is 0 Å². The molecule has 1 fully saturated rings. The molecule has 1 heterocycles. The Morgan fingerprint density at radius 1 is 0.775 bits per heavy atom.